The monoisotopic (exact) mass is 325 g/mol. The highest BCUT2D eigenvalue weighted by molar-refractivity contribution is 5.92. The highest BCUT2D eigenvalue weighted by atomic mass is 16.5. The van der Waals surface area contributed by atoms with E-state index in [0.717, 1.165) is 11.1 Å². The highest BCUT2D eigenvalue weighted by Crippen LogP contribution is 2.26. The first-order valence-corrected chi connectivity index (χ1v) is 7.70. The van der Waals surface area contributed by atoms with Gasteiger partial charge in [-0.05, 0) is 23.6 Å². The molecule has 24 heavy (non-hydrogen) atoms. The summed E-state index contributed by atoms with van der Waals surface area (Å²) in [5.74, 6) is 0.361. The van der Waals surface area contributed by atoms with Crippen molar-refractivity contribution >= 4 is 17.1 Å². The molecule has 1 aromatic carbocycles. The number of aromatic nitrogens is 4. The Hall–Kier alpha value is -2.96. The average molecular weight is 325 g/mol. The van der Waals surface area contributed by atoms with Crippen LogP contribution in [0.2, 0.25) is 0 Å². The zero-order valence-corrected chi connectivity index (χ0v) is 13.9. The number of carbonyl (C=O) groups is 1. The smallest absolute Gasteiger partial charge is 0.330 e. The van der Waals surface area contributed by atoms with Gasteiger partial charge in [-0.1, -0.05) is 19.9 Å². The Kier molecular flexibility index (Phi) is 4.41. The molecule has 3 aromatic rings. The molecule has 0 unspecified atom stereocenters. The van der Waals surface area contributed by atoms with E-state index in [1.165, 1.54) is 18.0 Å². The molecule has 0 aliphatic heterocycles. The molecule has 0 aliphatic rings. The van der Waals surface area contributed by atoms with Crippen LogP contribution in [0.25, 0.3) is 22.2 Å². The number of nitrogens with one attached hydrogen (secondary N) is 1. The van der Waals surface area contributed by atoms with Gasteiger partial charge in [-0.25, -0.2) is 19.3 Å². The molecule has 0 atom stereocenters. The lowest BCUT2D eigenvalue weighted by molar-refractivity contribution is 0.237. The van der Waals surface area contributed by atoms with E-state index >= 15 is 0 Å². The number of imidazole rings is 1. The third kappa shape index (κ3) is 3.05. The van der Waals surface area contributed by atoms with Crippen molar-refractivity contribution in [1.82, 2.24) is 24.8 Å². The molecular weight excluding hydrogens is 306 g/mol. The number of methoxy groups -OCH3 is 1. The van der Waals surface area contributed by atoms with Crippen LogP contribution in [0.1, 0.15) is 13.8 Å². The van der Waals surface area contributed by atoms with Crippen molar-refractivity contribution < 1.29 is 9.53 Å². The van der Waals surface area contributed by atoms with Gasteiger partial charge in [-0.2, -0.15) is 4.98 Å². The third-order valence-corrected chi connectivity index (χ3v) is 3.56. The molecule has 7 nitrogen and oxygen atoms in total. The van der Waals surface area contributed by atoms with Gasteiger partial charge in [0.25, 0.3) is 0 Å². The first-order chi connectivity index (χ1) is 11.6. The fourth-order valence-corrected chi connectivity index (χ4v) is 2.39. The predicted octanol–water partition coefficient (Wildman–Crippen LogP) is 2.72. The van der Waals surface area contributed by atoms with E-state index in [2.05, 4.69) is 20.3 Å². The van der Waals surface area contributed by atoms with E-state index in [1.54, 1.807) is 12.4 Å². The van der Waals surface area contributed by atoms with Gasteiger partial charge >= 0.3 is 12.0 Å². The van der Waals surface area contributed by atoms with Crippen molar-refractivity contribution in [2.45, 2.75) is 13.8 Å². The second kappa shape index (κ2) is 6.66. The molecule has 0 aliphatic carbocycles. The fourth-order valence-electron chi connectivity index (χ4n) is 2.39. The number of amides is 1. The molecule has 0 saturated heterocycles. The standard InChI is InChI=1S/C17H19N5O2/c1-11(2)7-20-16(23)22-15-5-4-12(13-8-18-10-19-9-13)6-14(15)21-17(22)24-3/h4-6,8-11H,7H2,1-3H3,(H,20,23). The van der Waals surface area contributed by atoms with Crippen LogP contribution in [0, 0.1) is 5.92 Å². The number of benzene rings is 1. The zero-order chi connectivity index (χ0) is 17.1. The van der Waals surface area contributed by atoms with E-state index < -0.39 is 0 Å². The summed E-state index contributed by atoms with van der Waals surface area (Å²) in [6.07, 6.45) is 4.95. The normalized spacial score (nSPS) is 11.0. The molecule has 0 radical (unpaired) electrons. The predicted molar refractivity (Wildman–Crippen MR) is 90.9 cm³/mol. The molecule has 0 fully saturated rings. The van der Waals surface area contributed by atoms with Gasteiger partial charge in [0, 0.05) is 24.5 Å². The van der Waals surface area contributed by atoms with E-state index in [4.69, 9.17) is 4.74 Å². The van der Waals surface area contributed by atoms with E-state index in [-0.39, 0.29) is 12.0 Å². The van der Waals surface area contributed by atoms with Gasteiger partial charge in [0.1, 0.15) is 6.33 Å². The molecule has 0 bridgehead atoms. The van der Waals surface area contributed by atoms with Crippen LogP contribution in [0.5, 0.6) is 6.01 Å². The average Bonchev–Trinajstić information content (AvgIpc) is 2.98. The van der Waals surface area contributed by atoms with Crippen molar-refractivity contribution in [2.24, 2.45) is 5.92 Å². The van der Waals surface area contributed by atoms with Crippen LogP contribution in [0.4, 0.5) is 4.79 Å². The zero-order valence-electron chi connectivity index (χ0n) is 13.9. The van der Waals surface area contributed by atoms with Crippen LogP contribution in [-0.2, 0) is 0 Å². The molecule has 0 saturated carbocycles. The summed E-state index contributed by atoms with van der Waals surface area (Å²) in [5, 5.41) is 2.88. The van der Waals surface area contributed by atoms with Crippen LogP contribution in [0.3, 0.4) is 0 Å². The number of fused-ring (bicyclic) bond motifs is 1. The summed E-state index contributed by atoms with van der Waals surface area (Å²) >= 11 is 0. The first-order valence-electron chi connectivity index (χ1n) is 7.70. The molecule has 2 aromatic heterocycles. The van der Waals surface area contributed by atoms with Gasteiger partial charge in [-0.3, -0.25) is 0 Å². The maximum atomic E-state index is 12.5. The Bertz CT molecular complexity index is 858. The number of nitrogens with zero attached hydrogens (tertiary/aromatic N) is 4. The summed E-state index contributed by atoms with van der Waals surface area (Å²) in [4.78, 5) is 24.9. The van der Waals surface area contributed by atoms with Gasteiger partial charge in [0.15, 0.2) is 0 Å². The lowest BCUT2D eigenvalue weighted by Gasteiger charge is -2.10. The van der Waals surface area contributed by atoms with Gasteiger partial charge < -0.3 is 10.1 Å². The maximum absolute atomic E-state index is 12.5. The van der Waals surface area contributed by atoms with Crippen LogP contribution >= 0.6 is 0 Å². The third-order valence-electron chi connectivity index (χ3n) is 3.56. The molecule has 3 rings (SSSR count). The number of carbonyl (C=O) groups excluding carboxylic acids is 1. The molecule has 1 amide bonds. The SMILES string of the molecule is COc1nc2cc(-c3cncnc3)ccc2n1C(=O)NCC(C)C. The summed E-state index contributed by atoms with van der Waals surface area (Å²) in [6.45, 7) is 4.66. The van der Waals surface area contributed by atoms with Crippen molar-refractivity contribution in [3.8, 4) is 17.1 Å². The second-order valence-electron chi connectivity index (χ2n) is 5.84. The Labute approximate surface area is 139 Å². The van der Waals surface area contributed by atoms with Crippen LogP contribution in [-0.4, -0.2) is 39.2 Å². The minimum atomic E-state index is -0.251. The molecule has 2 heterocycles. The molecule has 1 N–H and O–H groups in total. The summed E-state index contributed by atoms with van der Waals surface area (Å²) < 4.78 is 6.72. The minimum absolute atomic E-state index is 0.251. The largest absolute Gasteiger partial charge is 0.468 e. The summed E-state index contributed by atoms with van der Waals surface area (Å²) in [6, 6.07) is 5.66. The number of hydrogen-bond donors (Lipinski definition) is 1. The van der Waals surface area contributed by atoms with E-state index in [0.29, 0.717) is 23.5 Å². The van der Waals surface area contributed by atoms with Gasteiger partial charge in [-0.15, -0.1) is 0 Å². The van der Waals surface area contributed by atoms with Gasteiger partial charge in [0.05, 0.1) is 18.1 Å². The van der Waals surface area contributed by atoms with Crippen molar-refractivity contribution in [1.29, 1.82) is 0 Å². The fraction of sp³-hybridized carbons (Fsp3) is 0.294. The molecule has 7 heteroatoms. The topological polar surface area (TPSA) is 81.9 Å². The van der Waals surface area contributed by atoms with Crippen LogP contribution < -0.4 is 10.1 Å². The van der Waals surface area contributed by atoms with E-state index in [9.17, 15) is 4.79 Å². The quantitative estimate of drug-likeness (QED) is 0.797. The Balaban J connectivity index is 2.02. The first kappa shape index (κ1) is 15.9. The Morgan fingerprint density at radius 1 is 1.25 bits per heavy atom. The van der Waals surface area contributed by atoms with Gasteiger partial charge in [0.2, 0.25) is 0 Å². The lowest BCUT2D eigenvalue weighted by Crippen LogP contribution is -2.31. The molecule has 0 spiro atoms. The van der Waals surface area contributed by atoms with E-state index in [1.807, 2.05) is 32.0 Å². The highest BCUT2D eigenvalue weighted by Gasteiger charge is 2.18. The minimum Gasteiger partial charge on any atom is -0.468 e. The molecule has 124 valence electrons. The Morgan fingerprint density at radius 2 is 2.00 bits per heavy atom. The lowest BCUT2D eigenvalue weighted by atomic mass is 10.1. The van der Waals surface area contributed by atoms with Crippen molar-refractivity contribution in [3.63, 3.8) is 0 Å². The van der Waals surface area contributed by atoms with Crippen LogP contribution in [0.15, 0.2) is 36.9 Å². The second-order valence-corrected chi connectivity index (χ2v) is 5.84. The van der Waals surface area contributed by atoms with Crippen molar-refractivity contribution in [2.75, 3.05) is 13.7 Å². The number of hydrogen-bond acceptors (Lipinski definition) is 5. The Morgan fingerprint density at radius 3 is 2.67 bits per heavy atom. The number of rotatable bonds is 4. The summed E-state index contributed by atoms with van der Waals surface area (Å²) in [5.41, 5.74) is 3.18. The van der Waals surface area contributed by atoms with Crippen molar-refractivity contribution in [3.05, 3.63) is 36.9 Å². The summed E-state index contributed by atoms with van der Waals surface area (Å²) in [7, 11) is 1.50. The number of ether oxygens (including phenoxy) is 1. The maximum Gasteiger partial charge on any atom is 0.330 e. The molecular formula is C17H19N5O2.